The second-order valence-corrected chi connectivity index (χ2v) is 3.79. The van der Waals surface area contributed by atoms with E-state index in [2.05, 4.69) is 18.1 Å². The van der Waals surface area contributed by atoms with E-state index in [1.165, 1.54) is 32.4 Å². The lowest BCUT2D eigenvalue weighted by Crippen LogP contribution is -2.32. The third-order valence-corrected chi connectivity index (χ3v) is 2.80. The van der Waals surface area contributed by atoms with Gasteiger partial charge in [0.05, 0.1) is 0 Å². The Labute approximate surface area is 82.1 Å². The standard InChI is InChI=1S/C12H21N/c1-3-5-9-12(8-4-2)13-10-6-7-11-13/h3-4,12H,1-2,5-11H2. The van der Waals surface area contributed by atoms with Crippen LogP contribution in [0.4, 0.5) is 0 Å². The molecule has 0 aromatic carbocycles. The van der Waals surface area contributed by atoms with Gasteiger partial charge in [-0.05, 0) is 45.2 Å². The molecule has 0 spiro atoms. The fraction of sp³-hybridized carbons (Fsp3) is 0.667. The summed E-state index contributed by atoms with van der Waals surface area (Å²) in [5.41, 5.74) is 0. The number of hydrogen-bond acceptors (Lipinski definition) is 1. The maximum absolute atomic E-state index is 3.83. The van der Waals surface area contributed by atoms with Crippen LogP contribution in [0, 0.1) is 0 Å². The summed E-state index contributed by atoms with van der Waals surface area (Å²) >= 11 is 0. The zero-order valence-corrected chi connectivity index (χ0v) is 8.54. The van der Waals surface area contributed by atoms with Gasteiger partial charge in [-0.15, -0.1) is 13.2 Å². The minimum atomic E-state index is 0.720. The molecule has 1 unspecified atom stereocenters. The van der Waals surface area contributed by atoms with Gasteiger partial charge in [0.1, 0.15) is 0 Å². The van der Waals surface area contributed by atoms with Crippen molar-refractivity contribution < 1.29 is 0 Å². The molecule has 1 heterocycles. The van der Waals surface area contributed by atoms with E-state index in [1.807, 2.05) is 12.2 Å². The molecule has 0 amide bonds. The topological polar surface area (TPSA) is 3.24 Å². The summed E-state index contributed by atoms with van der Waals surface area (Å²) in [4.78, 5) is 2.60. The smallest absolute Gasteiger partial charge is 0.0133 e. The van der Waals surface area contributed by atoms with Crippen LogP contribution in [0.25, 0.3) is 0 Å². The number of likely N-dealkylation sites (tertiary alicyclic amines) is 1. The molecular formula is C12H21N. The van der Waals surface area contributed by atoms with Gasteiger partial charge in [0.25, 0.3) is 0 Å². The fourth-order valence-corrected chi connectivity index (χ4v) is 2.06. The molecule has 0 saturated carbocycles. The van der Waals surface area contributed by atoms with Crippen LogP contribution in [0.5, 0.6) is 0 Å². The van der Waals surface area contributed by atoms with Crippen LogP contribution in [0.2, 0.25) is 0 Å². The molecule has 1 atom stereocenters. The van der Waals surface area contributed by atoms with Crippen LogP contribution >= 0.6 is 0 Å². The lowest BCUT2D eigenvalue weighted by atomic mass is 10.1. The summed E-state index contributed by atoms with van der Waals surface area (Å²) in [6.45, 7) is 10.2. The van der Waals surface area contributed by atoms with E-state index in [9.17, 15) is 0 Å². The highest BCUT2D eigenvalue weighted by molar-refractivity contribution is 4.84. The first kappa shape index (κ1) is 10.5. The predicted octanol–water partition coefficient (Wildman–Crippen LogP) is 2.99. The van der Waals surface area contributed by atoms with Gasteiger partial charge in [0, 0.05) is 6.04 Å². The molecule has 1 heteroatoms. The summed E-state index contributed by atoms with van der Waals surface area (Å²) < 4.78 is 0. The summed E-state index contributed by atoms with van der Waals surface area (Å²) in [5, 5.41) is 0. The Morgan fingerprint density at radius 3 is 2.38 bits per heavy atom. The Morgan fingerprint density at radius 2 is 1.85 bits per heavy atom. The minimum absolute atomic E-state index is 0.720. The Kier molecular flexibility index (Phi) is 4.84. The molecule has 0 N–H and O–H groups in total. The Hall–Kier alpha value is -0.560. The number of allylic oxidation sites excluding steroid dienone is 1. The van der Waals surface area contributed by atoms with Gasteiger partial charge in [-0.1, -0.05) is 12.2 Å². The molecule has 13 heavy (non-hydrogen) atoms. The summed E-state index contributed by atoms with van der Waals surface area (Å²) in [6.07, 6.45) is 10.3. The lowest BCUT2D eigenvalue weighted by Gasteiger charge is -2.26. The molecule has 1 nitrogen and oxygen atoms in total. The van der Waals surface area contributed by atoms with Crippen LogP contribution in [0.3, 0.4) is 0 Å². The second-order valence-electron chi connectivity index (χ2n) is 3.79. The van der Waals surface area contributed by atoms with Crippen LogP contribution < -0.4 is 0 Å². The first-order chi connectivity index (χ1) is 6.38. The molecule has 1 fully saturated rings. The van der Waals surface area contributed by atoms with E-state index < -0.39 is 0 Å². The Bertz CT molecular complexity index is 157. The average Bonchev–Trinajstić information content (AvgIpc) is 2.65. The number of nitrogens with zero attached hydrogens (tertiary/aromatic N) is 1. The Morgan fingerprint density at radius 1 is 1.15 bits per heavy atom. The number of hydrogen-bond donors (Lipinski definition) is 0. The van der Waals surface area contributed by atoms with Gasteiger partial charge in [-0.25, -0.2) is 0 Å². The number of rotatable bonds is 6. The largest absolute Gasteiger partial charge is 0.300 e. The van der Waals surface area contributed by atoms with Crippen molar-refractivity contribution in [2.75, 3.05) is 13.1 Å². The SMILES string of the molecule is C=CCCC(CC=C)N1CCCC1. The van der Waals surface area contributed by atoms with Crippen LogP contribution in [-0.2, 0) is 0 Å². The van der Waals surface area contributed by atoms with E-state index in [1.54, 1.807) is 0 Å². The zero-order chi connectivity index (χ0) is 9.52. The van der Waals surface area contributed by atoms with E-state index >= 15 is 0 Å². The molecule has 1 aliphatic heterocycles. The maximum atomic E-state index is 3.83. The first-order valence-electron chi connectivity index (χ1n) is 5.34. The molecule has 1 saturated heterocycles. The van der Waals surface area contributed by atoms with Crippen molar-refractivity contribution in [3.05, 3.63) is 25.3 Å². The molecule has 0 aliphatic carbocycles. The fourth-order valence-electron chi connectivity index (χ4n) is 2.06. The van der Waals surface area contributed by atoms with Crippen LogP contribution in [0.15, 0.2) is 25.3 Å². The molecular weight excluding hydrogens is 158 g/mol. The van der Waals surface area contributed by atoms with E-state index in [0.29, 0.717) is 0 Å². The van der Waals surface area contributed by atoms with Gasteiger partial charge in [-0.2, -0.15) is 0 Å². The van der Waals surface area contributed by atoms with Crippen molar-refractivity contribution in [1.29, 1.82) is 0 Å². The summed E-state index contributed by atoms with van der Waals surface area (Å²) in [7, 11) is 0. The van der Waals surface area contributed by atoms with Gasteiger partial charge < -0.3 is 4.90 Å². The molecule has 0 aromatic heterocycles. The molecule has 0 aromatic rings. The van der Waals surface area contributed by atoms with E-state index in [0.717, 1.165) is 18.9 Å². The molecule has 1 aliphatic rings. The normalized spacial score (nSPS) is 20.0. The molecule has 74 valence electrons. The van der Waals surface area contributed by atoms with Gasteiger partial charge in [-0.3, -0.25) is 0 Å². The van der Waals surface area contributed by atoms with Crippen molar-refractivity contribution in [2.24, 2.45) is 0 Å². The third-order valence-electron chi connectivity index (χ3n) is 2.80. The quantitative estimate of drug-likeness (QED) is 0.567. The van der Waals surface area contributed by atoms with E-state index in [-0.39, 0.29) is 0 Å². The monoisotopic (exact) mass is 179 g/mol. The summed E-state index contributed by atoms with van der Waals surface area (Å²) in [6, 6.07) is 0.720. The van der Waals surface area contributed by atoms with E-state index in [4.69, 9.17) is 0 Å². The first-order valence-corrected chi connectivity index (χ1v) is 5.34. The highest BCUT2D eigenvalue weighted by Gasteiger charge is 2.19. The van der Waals surface area contributed by atoms with Crippen molar-refractivity contribution in [3.8, 4) is 0 Å². The van der Waals surface area contributed by atoms with Crippen LogP contribution in [0.1, 0.15) is 32.1 Å². The van der Waals surface area contributed by atoms with Crippen molar-refractivity contribution in [1.82, 2.24) is 4.90 Å². The Balaban J connectivity index is 2.34. The minimum Gasteiger partial charge on any atom is -0.300 e. The lowest BCUT2D eigenvalue weighted by molar-refractivity contribution is 0.233. The second kappa shape index (κ2) is 5.98. The molecule has 0 bridgehead atoms. The molecule has 0 radical (unpaired) electrons. The third kappa shape index (κ3) is 3.35. The zero-order valence-electron chi connectivity index (χ0n) is 8.54. The van der Waals surface area contributed by atoms with Gasteiger partial charge in [0.2, 0.25) is 0 Å². The van der Waals surface area contributed by atoms with Gasteiger partial charge >= 0.3 is 0 Å². The highest BCUT2D eigenvalue weighted by atomic mass is 15.2. The predicted molar refractivity (Wildman–Crippen MR) is 58.8 cm³/mol. The molecule has 1 rings (SSSR count). The van der Waals surface area contributed by atoms with Crippen LogP contribution in [-0.4, -0.2) is 24.0 Å². The van der Waals surface area contributed by atoms with Gasteiger partial charge in [0.15, 0.2) is 0 Å². The highest BCUT2D eigenvalue weighted by Crippen LogP contribution is 2.18. The van der Waals surface area contributed by atoms with Crippen molar-refractivity contribution >= 4 is 0 Å². The van der Waals surface area contributed by atoms with Crippen molar-refractivity contribution in [2.45, 2.75) is 38.1 Å². The average molecular weight is 179 g/mol. The maximum Gasteiger partial charge on any atom is 0.0133 e. The summed E-state index contributed by atoms with van der Waals surface area (Å²) in [5.74, 6) is 0. The van der Waals surface area contributed by atoms with Crippen molar-refractivity contribution in [3.63, 3.8) is 0 Å².